The van der Waals surface area contributed by atoms with E-state index in [4.69, 9.17) is 0 Å². The Morgan fingerprint density at radius 1 is 0.524 bits per heavy atom. The first kappa shape index (κ1) is 20.8. The summed E-state index contributed by atoms with van der Waals surface area (Å²) in [6, 6.07) is 0. The number of hydrazine groups is 3. The van der Waals surface area contributed by atoms with E-state index in [1.54, 1.807) is 0 Å². The normalized spacial score (nSPS) is 18.0. The van der Waals surface area contributed by atoms with Crippen LogP contribution in [0.4, 0.5) is 0 Å². The molecule has 0 aromatic rings. The molecule has 4 nitrogen and oxygen atoms in total. The van der Waals surface area contributed by atoms with Crippen molar-refractivity contribution in [2.45, 2.75) is 97.3 Å². The van der Waals surface area contributed by atoms with Gasteiger partial charge in [0.2, 0.25) is 0 Å². The molecule has 0 bridgehead atoms. The molecule has 0 atom stereocenters. The van der Waals surface area contributed by atoms with Crippen molar-refractivity contribution in [1.29, 1.82) is 0 Å². The van der Waals surface area contributed by atoms with Crippen LogP contribution in [0.3, 0.4) is 0 Å². The SMILES string of the molecule is C1CCCCNNNNCCC1.CCCCCCCCC. The van der Waals surface area contributed by atoms with E-state index in [-0.39, 0.29) is 0 Å². The topological polar surface area (TPSA) is 48.1 Å². The zero-order valence-corrected chi connectivity index (χ0v) is 14.6. The molecule has 1 heterocycles. The maximum atomic E-state index is 3.08. The van der Waals surface area contributed by atoms with Gasteiger partial charge in [0.05, 0.1) is 0 Å². The lowest BCUT2D eigenvalue weighted by molar-refractivity contribution is 0.354. The Balaban J connectivity index is 0.000000400. The summed E-state index contributed by atoms with van der Waals surface area (Å²) in [4.78, 5) is 0. The molecule has 1 saturated heterocycles. The molecule has 0 aromatic heterocycles. The monoisotopic (exact) mass is 300 g/mol. The zero-order chi connectivity index (χ0) is 15.4. The van der Waals surface area contributed by atoms with Crippen LogP contribution >= 0.6 is 0 Å². The fourth-order valence-electron chi connectivity index (χ4n) is 2.38. The molecule has 1 aliphatic rings. The molecule has 0 aromatic carbocycles. The summed E-state index contributed by atoms with van der Waals surface area (Å²) < 4.78 is 0. The highest BCUT2D eigenvalue weighted by Gasteiger charge is 1.93. The Morgan fingerprint density at radius 2 is 0.905 bits per heavy atom. The van der Waals surface area contributed by atoms with E-state index >= 15 is 0 Å². The first-order valence-electron chi connectivity index (χ1n) is 9.37. The van der Waals surface area contributed by atoms with Gasteiger partial charge in [0.25, 0.3) is 0 Å². The third-order valence-corrected chi connectivity index (χ3v) is 3.80. The first-order chi connectivity index (χ1) is 10.4. The van der Waals surface area contributed by atoms with E-state index in [1.807, 2.05) is 0 Å². The van der Waals surface area contributed by atoms with Crippen LogP contribution in [-0.2, 0) is 0 Å². The summed E-state index contributed by atoms with van der Waals surface area (Å²) in [5.41, 5.74) is 11.9. The second kappa shape index (κ2) is 19.8. The van der Waals surface area contributed by atoms with Crippen LogP contribution in [0.25, 0.3) is 0 Å². The van der Waals surface area contributed by atoms with Gasteiger partial charge < -0.3 is 0 Å². The predicted molar refractivity (Wildman–Crippen MR) is 93.6 cm³/mol. The average molecular weight is 301 g/mol. The van der Waals surface area contributed by atoms with Crippen LogP contribution in [0.15, 0.2) is 0 Å². The minimum Gasteiger partial charge on any atom is -0.243 e. The van der Waals surface area contributed by atoms with Crippen LogP contribution in [0, 0.1) is 0 Å². The summed E-state index contributed by atoms with van der Waals surface area (Å²) in [5, 5.41) is 0. The molecule has 128 valence electrons. The van der Waals surface area contributed by atoms with Crippen LogP contribution in [0.1, 0.15) is 97.3 Å². The molecule has 0 saturated carbocycles. The molecular formula is C17H40N4. The van der Waals surface area contributed by atoms with Crippen molar-refractivity contribution in [2.75, 3.05) is 13.1 Å². The Kier molecular flexibility index (Phi) is 19.7. The first-order valence-corrected chi connectivity index (χ1v) is 9.37. The Hall–Kier alpha value is -0.160. The lowest BCUT2D eigenvalue weighted by Gasteiger charge is -2.11. The molecule has 0 amide bonds. The standard InChI is InChI=1S/C9H20.C8H20N4/c1-3-5-7-9-8-6-4-2;1-2-4-6-8-10-12-11-9-7-5-3-1/h3-9H2,1-2H3;9-12H,1-8H2. The van der Waals surface area contributed by atoms with Crippen molar-refractivity contribution in [3.8, 4) is 0 Å². The van der Waals surface area contributed by atoms with Gasteiger partial charge in [0.15, 0.2) is 0 Å². The van der Waals surface area contributed by atoms with Crippen molar-refractivity contribution in [3.05, 3.63) is 0 Å². The molecule has 1 rings (SSSR count). The van der Waals surface area contributed by atoms with E-state index in [0.29, 0.717) is 0 Å². The molecular weight excluding hydrogens is 260 g/mol. The maximum absolute atomic E-state index is 3.08. The van der Waals surface area contributed by atoms with Crippen molar-refractivity contribution in [3.63, 3.8) is 0 Å². The molecule has 1 aliphatic heterocycles. The summed E-state index contributed by atoms with van der Waals surface area (Å²) in [6.07, 6.45) is 18.0. The fraction of sp³-hybridized carbons (Fsp3) is 1.00. The second-order valence-corrected chi connectivity index (χ2v) is 5.99. The van der Waals surface area contributed by atoms with Gasteiger partial charge in [-0.3, -0.25) is 0 Å². The Bertz CT molecular complexity index is 127. The van der Waals surface area contributed by atoms with E-state index < -0.39 is 0 Å². The fourth-order valence-corrected chi connectivity index (χ4v) is 2.38. The van der Waals surface area contributed by atoms with Crippen molar-refractivity contribution >= 4 is 0 Å². The van der Waals surface area contributed by atoms with Gasteiger partial charge in [-0.25, -0.2) is 10.9 Å². The lowest BCUT2D eigenvalue weighted by atomic mass is 10.1. The highest BCUT2D eigenvalue weighted by atomic mass is 15.7. The smallest absolute Gasteiger partial charge is 0.0113 e. The van der Waals surface area contributed by atoms with E-state index in [1.165, 1.54) is 83.5 Å². The highest BCUT2D eigenvalue weighted by Crippen LogP contribution is 2.05. The predicted octanol–water partition coefficient (Wildman–Crippen LogP) is 4.20. The van der Waals surface area contributed by atoms with Crippen LogP contribution in [0.2, 0.25) is 0 Å². The van der Waals surface area contributed by atoms with Crippen LogP contribution in [0.5, 0.6) is 0 Å². The molecule has 4 heteroatoms. The highest BCUT2D eigenvalue weighted by molar-refractivity contribution is 4.49. The maximum Gasteiger partial charge on any atom is 0.0113 e. The molecule has 4 N–H and O–H groups in total. The van der Waals surface area contributed by atoms with Gasteiger partial charge in [-0.05, 0) is 12.8 Å². The van der Waals surface area contributed by atoms with Gasteiger partial charge >= 0.3 is 0 Å². The Morgan fingerprint density at radius 3 is 1.33 bits per heavy atom. The van der Waals surface area contributed by atoms with Gasteiger partial charge in [-0.2, -0.15) is 11.1 Å². The largest absolute Gasteiger partial charge is 0.243 e. The summed E-state index contributed by atoms with van der Waals surface area (Å²) in [7, 11) is 0. The second-order valence-electron chi connectivity index (χ2n) is 5.99. The third-order valence-electron chi connectivity index (χ3n) is 3.80. The minimum absolute atomic E-state index is 1.04. The molecule has 0 spiro atoms. The molecule has 0 aliphatic carbocycles. The third kappa shape index (κ3) is 19.8. The Labute approximate surface area is 133 Å². The lowest BCUT2D eigenvalue weighted by Crippen LogP contribution is -2.51. The molecule has 1 fully saturated rings. The number of hydrogen-bond donors (Lipinski definition) is 4. The number of unbranched alkanes of at least 4 members (excludes halogenated alkanes) is 6. The van der Waals surface area contributed by atoms with Crippen LogP contribution in [-0.4, -0.2) is 13.1 Å². The molecule has 21 heavy (non-hydrogen) atoms. The van der Waals surface area contributed by atoms with E-state index in [2.05, 4.69) is 35.8 Å². The van der Waals surface area contributed by atoms with E-state index in [9.17, 15) is 0 Å². The average Bonchev–Trinajstić information content (AvgIpc) is 2.48. The zero-order valence-electron chi connectivity index (χ0n) is 14.6. The molecule has 0 radical (unpaired) electrons. The number of hydrogen-bond acceptors (Lipinski definition) is 4. The summed E-state index contributed by atoms with van der Waals surface area (Å²) in [5.74, 6) is 0. The summed E-state index contributed by atoms with van der Waals surface area (Å²) >= 11 is 0. The van der Waals surface area contributed by atoms with Crippen molar-refractivity contribution in [2.24, 2.45) is 0 Å². The molecule has 0 unspecified atom stereocenters. The van der Waals surface area contributed by atoms with Crippen molar-refractivity contribution in [1.82, 2.24) is 21.9 Å². The quantitative estimate of drug-likeness (QED) is 0.555. The van der Waals surface area contributed by atoms with Crippen LogP contribution < -0.4 is 21.9 Å². The van der Waals surface area contributed by atoms with Gasteiger partial charge in [0, 0.05) is 13.1 Å². The van der Waals surface area contributed by atoms with Gasteiger partial charge in [-0.15, -0.1) is 0 Å². The van der Waals surface area contributed by atoms with Crippen molar-refractivity contribution < 1.29 is 0 Å². The van der Waals surface area contributed by atoms with Gasteiger partial charge in [0.1, 0.15) is 0 Å². The summed E-state index contributed by atoms with van der Waals surface area (Å²) in [6.45, 7) is 6.60. The minimum atomic E-state index is 1.04. The van der Waals surface area contributed by atoms with Gasteiger partial charge in [-0.1, -0.05) is 84.5 Å². The number of nitrogens with one attached hydrogen (secondary N) is 4. The van der Waals surface area contributed by atoms with E-state index in [0.717, 1.165) is 13.1 Å². The number of rotatable bonds is 6.